The van der Waals surface area contributed by atoms with E-state index in [1.54, 1.807) is 0 Å². The summed E-state index contributed by atoms with van der Waals surface area (Å²) >= 11 is 0. The molecule has 86 valence electrons. The summed E-state index contributed by atoms with van der Waals surface area (Å²) in [6, 6.07) is 6.20. The van der Waals surface area contributed by atoms with Crippen LogP contribution >= 0.6 is 0 Å². The monoisotopic (exact) mass is 218 g/mol. The molecule has 1 heterocycles. The largest absolute Gasteiger partial charge is 0.440 e. The minimum atomic E-state index is 0.0544. The quantitative estimate of drug-likeness (QED) is 0.861. The Morgan fingerprint density at radius 3 is 2.75 bits per heavy atom. The van der Waals surface area contributed by atoms with Crippen LogP contribution in [0.2, 0.25) is 0 Å². The molecule has 2 N–H and O–H groups in total. The fraction of sp³-hybridized carbons (Fsp3) is 0.462. The Balaban J connectivity index is 2.43. The van der Waals surface area contributed by atoms with E-state index in [2.05, 4.69) is 24.0 Å². The number of fused-ring (bicyclic) bond motifs is 1. The van der Waals surface area contributed by atoms with Gasteiger partial charge in [0.1, 0.15) is 5.52 Å². The molecule has 0 bridgehead atoms. The van der Waals surface area contributed by atoms with E-state index in [9.17, 15) is 0 Å². The molecule has 0 spiro atoms. The first-order chi connectivity index (χ1) is 7.61. The first kappa shape index (κ1) is 11.1. The van der Waals surface area contributed by atoms with Crippen LogP contribution in [-0.4, -0.2) is 11.0 Å². The third kappa shape index (κ3) is 1.95. The molecule has 0 amide bonds. The fourth-order valence-corrected chi connectivity index (χ4v) is 1.63. The molecule has 0 aliphatic carbocycles. The summed E-state index contributed by atoms with van der Waals surface area (Å²) < 4.78 is 5.70. The number of hydrogen-bond acceptors (Lipinski definition) is 3. The van der Waals surface area contributed by atoms with Gasteiger partial charge >= 0.3 is 0 Å². The first-order valence-corrected chi connectivity index (χ1v) is 5.76. The summed E-state index contributed by atoms with van der Waals surface area (Å²) in [5, 5.41) is 0. The summed E-state index contributed by atoms with van der Waals surface area (Å²) in [6.45, 7) is 6.14. The van der Waals surface area contributed by atoms with E-state index in [4.69, 9.17) is 10.2 Å². The second kappa shape index (κ2) is 4.26. The normalized spacial score (nSPS) is 15.2. The van der Waals surface area contributed by atoms with Crippen LogP contribution in [0.15, 0.2) is 22.6 Å². The van der Waals surface area contributed by atoms with Crippen molar-refractivity contribution in [3.05, 3.63) is 29.7 Å². The molecule has 2 atom stereocenters. The average Bonchev–Trinajstić information content (AvgIpc) is 2.69. The summed E-state index contributed by atoms with van der Waals surface area (Å²) in [5.74, 6) is 0.885. The van der Waals surface area contributed by atoms with Crippen LogP contribution in [-0.2, 0) is 6.42 Å². The van der Waals surface area contributed by atoms with E-state index in [0.29, 0.717) is 0 Å². The third-order valence-corrected chi connectivity index (χ3v) is 3.05. The maximum Gasteiger partial charge on any atom is 0.199 e. The van der Waals surface area contributed by atoms with Gasteiger partial charge in [0.25, 0.3) is 0 Å². The van der Waals surface area contributed by atoms with Gasteiger partial charge in [0.2, 0.25) is 0 Å². The van der Waals surface area contributed by atoms with Crippen molar-refractivity contribution in [1.82, 2.24) is 4.98 Å². The van der Waals surface area contributed by atoms with Crippen molar-refractivity contribution in [2.75, 3.05) is 0 Å². The summed E-state index contributed by atoms with van der Waals surface area (Å²) in [5.41, 5.74) is 8.90. The van der Waals surface area contributed by atoms with Gasteiger partial charge in [-0.3, -0.25) is 0 Å². The van der Waals surface area contributed by atoms with Gasteiger partial charge in [0.05, 0.1) is 0 Å². The minimum Gasteiger partial charge on any atom is -0.440 e. The highest BCUT2D eigenvalue weighted by Gasteiger charge is 2.17. The molecule has 16 heavy (non-hydrogen) atoms. The van der Waals surface area contributed by atoms with E-state index in [1.165, 1.54) is 5.56 Å². The molecule has 2 rings (SSSR count). The van der Waals surface area contributed by atoms with Crippen LogP contribution in [0, 0.1) is 0 Å². The molecule has 3 nitrogen and oxygen atoms in total. The zero-order valence-corrected chi connectivity index (χ0v) is 10.0. The molecule has 0 aliphatic rings. The lowest BCUT2D eigenvalue weighted by Crippen LogP contribution is -2.22. The number of aromatic nitrogens is 1. The summed E-state index contributed by atoms with van der Waals surface area (Å²) in [4.78, 5) is 4.50. The molecular formula is C13H18N2O. The lowest BCUT2D eigenvalue weighted by molar-refractivity contribution is 0.451. The zero-order valence-electron chi connectivity index (χ0n) is 10.0. The highest BCUT2D eigenvalue weighted by Crippen LogP contribution is 2.23. The van der Waals surface area contributed by atoms with E-state index in [1.807, 2.05) is 19.9 Å². The molecule has 0 saturated carbocycles. The standard InChI is InChI=1S/C13H18N2O/c1-4-10-5-6-12-11(7-10)15-13(16-12)8(2)9(3)14/h5-9H,4,14H2,1-3H3. The van der Waals surface area contributed by atoms with E-state index in [0.717, 1.165) is 23.4 Å². The van der Waals surface area contributed by atoms with Crippen molar-refractivity contribution in [2.24, 2.45) is 5.73 Å². The number of rotatable bonds is 3. The highest BCUT2D eigenvalue weighted by molar-refractivity contribution is 5.73. The maximum absolute atomic E-state index is 5.85. The molecular weight excluding hydrogens is 200 g/mol. The van der Waals surface area contributed by atoms with Crippen molar-refractivity contribution in [3.63, 3.8) is 0 Å². The Labute approximate surface area is 95.7 Å². The number of nitrogens with zero attached hydrogens (tertiary/aromatic N) is 1. The second-order valence-electron chi connectivity index (χ2n) is 4.36. The Hall–Kier alpha value is -1.35. The number of benzene rings is 1. The first-order valence-electron chi connectivity index (χ1n) is 5.76. The molecule has 1 aromatic carbocycles. The molecule has 0 saturated heterocycles. The minimum absolute atomic E-state index is 0.0544. The lowest BCUT2D eigenvalue weighted by atomic mass is 10.1. The van der Waals surface area contributed by atoms with Gasteiger partial charge in [-0.25, -0.2) is 4.98 Å². The van der Waals surface area contributed by atoms with Crippen LogP contribution < -0.4 is 5.73 Å². The van der Waals surface area contributed by atoms with Crippen LogP contribution in [0.4, 0.5) is 0 Å². The molecule has 2 unspecified atom stereocenters. The number of hydrogen-bond donors (Lipinski definition) is 1. The van der Waals surface area contributed by atoms with Gasteiger partial charge in [0.15, 0.2) is 11.5 Å². The predicted octanol–water partition coefficient (Wildman–Crippen LogP) is 2.84. The smallest absolute Gasteiger partial charge is 0.199 e. The number of oxazole rings is 1. The molecule has 0 fully saturated rings. The lowest BCUT2D eigenvalue weighted by Gasteiger charge is -2.10. The van der Waals surface area contributed by atoms with Crippen molar-refractivity contribution < 1.29 is 4.42 Å². The highest BCUT2D eigenvalue weighted by atomic mass is 16.3. The van der Waals surface area contributed by atoms with Gasteiger partial charge in [-0.1, -0.05) is 19.9 Å². The average molecular weight is 218 g/mol. The second-order valence-corrected chi connectivity index (χ2v) is 4.36. The molecule has 0 aliphatic heterocycles. The van der Waals surface area contributed by atoms with Gasteiger partial charge in [0, 0.05) is 12.0 Å². The Morgan fingerprint density at radius 2 is 2.12 bits per heavy atom. The third-order valence-electron chi connectivity index (χ3n) is 3.05. The van der Waals surface area contributed by atoms with Crippen molar-refractivity contribution in [1.29, 1.82) is 0 Å². The Kier molecular flexibility index (Phi) is 2.97. The van der Waals surface area contributed by atoms with Crippen molar-refractivity contribution in [3.8, 4) is 0 Å². The van der Waals surface area contributed by atoms with Crippen LogP contribution in [0.5, 0.6) is 0 Å². The number of aryl methyl sites for hydroxylation is 1. The van der Waals surface area contributed by atoms with Gasteiger partial charge in [-0.15, -0.1) is 0 Å². The van der Waals surface area contributed by atoms with Gasteiger partial charge < -0.3 is 10.2 Å². The summed E-state index contributed by atoms with van der Waals surface area (Å²) in [7, 11) is 0. The maximum atomic E-state index is 5.85. The molecule has 0 radical (unpaired) electrons. The summed E-state index contributed by atoms with van der Waals surface area (Å²) in [6.07, 6.45) is 1.01. The Bertz CT molecular complexity index is 488. The van der Waals surface area contributed by atoms with E-state index >= 15 is 0 Å². The number of nitrogens with two attached hydrogens (primary N) is 1. The SMILES string of the molecule is CCc1ccc2oc(C(C)C(C)N)nc2c1. The van der Waals surface area contributed by atoms with E-state index in [-0.39, 0.29) is 12.0 Å². The van der Waals surface area contributed by atoms with Gasteiger partial charge in [-0.2, -0.15) is 0 Å². The van der Waals surface area contributed by atoms with Crippen LogP contribution in [0.1, 0.15) is 38.1 Å². The zero-order chi connectivity index (χ0) is 11.7. The van der Waals surface area contributed by atoms with Crippen LogP contribution in [0.25, 0.3) is 11.1 Å². The fourth-order valence-electron chi connectivity index (χ4n) is 1.63. The van der Waals surface area contributed by atoms with Crippen molar-refractivity contribution in [2.45, 2.75) is 39.2 Å². The van der Waals surface area contributed by atoms with Gasteiger partial charge in [-0.05, 0) is 31.0 Å². The Morgan fingerprint density at radius 1 is 1.38 bits per heavy atom. The predicted molar refractivity (Wildman–Crippen MR) is 65.5 cm³/mol. The molecule has 2 aromatic rings. The van der Waals surface area contributed by atoms with Crippen LogP contribution in [0.3, 0.4) is 0 Å². The topological polar surface area (TPSA) is 52.0 Å². The van der Waals surface area contributed by atoms with Crippen molar-refractivity contribution >= 4 is 11.1 Å². The molecule has 1 aromatic heterocycles. The van der Waals surface area contributed by atoms with E-state index < -0.39 is 0 Å². The molecule has 3 heteroatoms.